The van der Waals surface area contributed by atoms with E-state index in [4.69, 9.17) is 12.2 Å². The molecule has 0 unspecified atom stereocenters. The van der Waals surface area contributed by atoms with E-state index in [2.05, 4.69) is 60.5 Å². The number of hydrogen-bond acceptors (Lipinski definition) is 2. The first kappa shape index (κ1) is 12.2. The molecule has 0 fully saturated rings. The number of anilines is 2. The van der Waals surface area contributed by atoms with E-state index in [1.54, 1.807) is 0 Å². The third-order valence-electron chi connectivity index (χ3n) is 3.70. The Hall–Kier alpha value is -1.87. The van der Waals surface area contributed by atoms with E-state index < -0.39 is 0 Å². The summed E-state index contributed by atoms with van der Waals surface area (Å²) in [6, 6.07) is 14.7. The quantitative estimate of drug-likeness (QED) is 0.794. The highest BCUT2D eigenvalue weighted by Gasteiger charge is 2.21. The molecule has 3 rings (SSSR count). The molecule has 0 bridgehead atoms. The maximum atomic E-state index is 5.38. The number of hydrogen-bond donors (Lipinski definition) is 1. The second-order valence-electron chi connectivity index (χ2n) is 4.83. The lowest BCUT2D eigenvalue weighted by Crippen LogP contribution is -2.40. The van der Waals surface area contributed by atoms with Crippen molar-refractivity contribution < 1.29 is 0 Å². The Balaban J connectivity index is 2.15. The van der Waals surface area contributed by atoms with Crippen molar-refractivity contribution >= 4 is 28.6 Å². The number of nitrogens with one attached hydrogen (secondary N) is 1. The summed E-state index contributed by atoms with van der Waals surface area (Å²) in [4.78, 5) is 3.12. The maximum Gasteiger partial charge on any atom is 0.110 e. The lowest BCUT2D eigenvalue weighted by molar-refractivity contribution is 0.863. The summed E-state index contributed by atoms with van der Waals surface area (Å²) >= 11 is 5.38. The third-order valence-corrected chi connectivity index (χ3v) is 4.07. The summed E-state index contributed by atoms with van der Waals surface area (Å²) in [6.45, 7) is 5.03. The van der Waals surface area contributed by atoms with Crippen molar-refractivity contribution in [3.8, 4) is 0 Å². The van der Waals surface area contributed by atoms with Crippen LogP contribution in [0.2, 0.25) is 0 Å². The molecular formula is C16H16N2S. The van der Waals surface area contributed by atoms with Gasteiger partial charge in [0.25, 0.3) is 0 Å². The standard InChI is InChI=1S/C16H16N2S/c1-11-6-5-9-14(12(11)2)18-10-17-16(19)13-7-3-4-8-15(13)18/h3-9H,10H2,1-2H3,(H,17,19). The van der Waals surface area contributed by atoms with E-state index in [0.29, 0.717) is 0 Å². The summed E-state index contributed by atoms with van der Waals surface area (Å²) in [6.07, 6.45) is 0. The maximum absolute atomic E-state index is 5.38. The van der Waals surface area contributed by atoms with E-state index in [1.807, 2.05) is 6.07 Å². The van der Waals surface area contributed by atoms with Crippen LogP contribution in [0.15, 0.2) is 42.5 Å². The molecule has 0 radical (unpaired) electrons. The van der Waals surface area contributed by atoms with Gasteiger partial charge in [0, 0.05) is 11.3 Å². The van der Waals surface area contributed by atoms with E-state index in [-0.39, 0.29) is 0 Å². The van der Waals surface area contributed by atoms with Gasteiger partial charge < -0.3 is 10.2 Å². The summed E-state index contributed by atoms with van der Waals surface area (Å²) in [5.41, 5.74) is 6.14. The van der Waals surface area contributed by atoms with Crippen LogP contribution in [0.1, 0.15) is 16.7 Å². The topological polar surface area (TPSA) is 15.3 Å². The molecule has 2 aromatic rings. The van der Waals surface area contributed by atoms with Gasteiger partial charge in [-0.05, 0) is 43.2 Å². The zero-order valence-electron chi connectivity index (χ0n) is 11.1. The van der Waals surface area contributed by atoms with Crippen molar-refractivity contribution in [3.05, 3.63) is 59.2 Å². The van der Waals surface area contributed by atoms with Gasteiger partial charge in [-0.2, -0.15) is 0 Å². The van der Waals surface area contributed by atoms with Gasteiger partial charge in [-0.25, -0.2) is 0 Å². The molecule has 0 spiro atoms. The Labute approximate surface area is 119 Å². The molecule has 0 saturated carbocycles. The Morgan fingerprint density at radius 3 is 2.58 bits per heavy atom. The van der Waals surface area contributed by atoms with Crippen LogP contribution in [0.4, 0.5) is 11.4 Å². The van der Waals surface area contributed by atoms with Crippen LogP contribution >= 0.6 is 12.2 Å². The molecule has 0 aromatic heterocycles. The molecule has 0 saturated heterocycles. The van der Waals surface area contributed by atoms with Crippen LogP contribution in [0.3, 0.4) is 0 Å². The van der Waals surface area contributed by atoms with Crippen molar-refractivity contribution in [1.82, 2.24) is 5.32 Å². The monoisotopic (exact) mass is 268 g/mol. The first-order chi connectivity index (χ1) is 9.18. The highest BCUT2D eigenvalue weighted by Crippen LogP contribution is 2.33. The van der Waals surface area contributed by atoms with Crippen molar-refractivity contribution in [2.45, 2.75) is 13.8 Å². The second kappa shape index (κ2) is 4.67. The fraction of sp³-hybridized carbons (Fsp3) is 0.188. The smallest absolute Gasteiger partial charge is 0.110 e. The zero-order valence-corrected chi connectivity index (χ0v) is 11.9. The lowest BCUT2D eigenvalue weighted by atomic mass is 10.0. The molecule has 1 N–H and O–H groups in total. The number of thiocarbonyl (C=S) groups is 1. The van der Waals surface area contributed by atoms with E-state index in [9.17, 15) is 0 Å². The van der Waals surface area contributed by atoms with Crippen LogP contribution in [-0.2, 0) is 0 Å². The van der Waals surface area contributed by atoms with Crippen molar-refractivity contribution in [2.24, 2.45) is 0 Å². The zero-order chi connectivity index (χ0) is 13.4. The van der Waals surface area contributed by atoms with Crippen molar-refractivity contribution in [3.63, 3.8) is 0 Å². The lowest BCUT2D eigenvalue weighted by Gasteiger charge is -2.33. The minimum Gasteiger partial charge on any atom is -0.358 e. The molecule has 96 valence electrons. The van der Waals surface area contributed by atoms with Gasteiger partial charge in [0.05, 0.1) is 12.4 Å². The fourth-order valence-electron chi connectivity index (χ4n) is 2.48. The predicted molar refractivity (Wildman–Crippen MR) is 84.2 cm³/mol. The third kappa shape index (κ3) is 2.00. The number of nitrogens with zero attached hydrogens (tertiary/aromatic N) is 1. The Morgan fingerprint density at radius 2 is 1.74 bits per heavy atom. The molecule has 0 aliphatic carbocycles. The average Bonchev–Trinajstić information content (AvgIpc) is 2.43. The number of benzene rings is 2. The van der Waals surface area contributed by atoms with E-state index >= 15 is 0 Å². The average molecular weight is 268 g/mol. The Bertz CT molecular complexity index is 649. The van der Waals surface area contributed by atoms with Gasteiger partial charge in [0.15, 0.2) is 0 Å². The van der Waals surface area contributed by atoms with Crippen LogP contribution < -0.4 is 10.2 Å². The largest absolute Gasteiger partial charge is 0.358 e. The van der Waals surface area contributed by atoms with E-state index in [0.717, 1.165) is 17.2 Å². The van der Waals surface area contributed by atoms with Crippen molar-refractivity contribution in [2.75, 3.05) is 11.6 Å². The van der Waals surface area contributed by atoms with Gasteiger partial charge in [0.1, 0.15) is 4.99 Å². The minimum absolute atomic E-state index is 0.722. The van der Waals surface area contributed by atoms with Gasteiger partial charge in [-0.3, -0.25) is 0 Å². The highest BCUT2D eigenvalue weighted by atomic mass is 32.1. The van der Waals surface area contributed by atoms with Gasteiger partial charge >= 0.3 is 0 Å². The summed E-state index contributed by atoms with van der Waals surface area (Å²) in [7, 11) is 0. The van der Waals surface area contributed by atoms with Crippen LogP contribution in [-0.4, -0.2) is 11.7 Å². The Kier molecular flexibility index (Phi) is 2.99. The number of rotatable bonds is 1. The molecule has 1 heterocycles. The van der Waals surface area contributed by atoms with Gasteiger partial charge in [-0.15, -0.1) is 0 Å². The number of para-hydroxylation sites is 1. The molecule has 1 aliphatic rings. The number of aryl methyl sites for hydroxylation is 1. The molecule has 19 heavy (non-hydrogen) atoms. The molecule has 2 aromatic carbocycles. The summed E-state index contributed by atoms with van der Waals surface area (Å²) < 4.78 is 0. The van der Waals surface area contributed by atoms with Crippen LogP contribution in [0.5, 0.6) is 0 Å². The molecular weight excluding hydrogens is 252 g/mol. The van der Waals surface area contributed by atoms with Crippen molar-refractivity contribution in [1.29, 1.82) is 0 Å². The predicted octanol–water partition coefficient (Wildman–Crippen LogP) is 3.68. The van der Waals surface area contributed by atoms with Crippen LogP contribution in [0, 0.1) is 13.8 Å². The summed E-state index contributed by atoms with van der Waals surface area (Å²) in [5, 5.41) is 3.29. The first-order valence-corrected chi connectivity index (χ1v) is 6.80. The highest BCUT2D eigenvalue weighted by molar-refractivity contribution is 7.80. The normalized spacial score (nSPS) is 14.0. The van der Waals surface area contributed by atoms with E-state index in [1.165, 1.54) is 22.5 Å². The number of fused-ring (bicyclic) bond motifs is 1. The Morgan fingerprint density at radius 1 is 1.00 bits per heavy atom. The van der Waals surface area contributed by atoms with Crippen LogP contribution in [0.25, 0.3) is 0 Å². The molecule has 0 atom stereocenters. The molecule has 1 aliphatic heterocycles. The minimum atomic E-state index is 0.722. The first-order valence-electron chi connectivity index (χ1n) is 6.39. The second-order valence-corrected chi connectivity index (χ2v) is 5.24. The summed E-state index contributed by atoms with van der Waals surface area (Å²) in [5.74, 6) is 0. The molecule has 3 heteroatoms. The molecule has 0 amide bonds. The molecule has 2 nitrogen and oxygen atoms in total. The SMILES string of the molecule is Cc1cccc(N2CNC(=S)c3ccccc32)c1C. The van der Waals surface area contributed by atoms with Gasteiger partial charge in [0.2, 0.25) is 0 Å². The fourth-order valence-corrected chi connectivity index (χ4v) is 2.71. The van der Waals surface area contributed by atoms with Gasteiger partial charge in [-0.1, -0.05) is 36.5 Å².